The molecule has 0 aliphatic heterocycles. The van der Waals surface area contributed by atoms with Crippen molar-refractivity contribution in [3.05, 3.63) is 12.7 Å². The summed E-state index contributed by atoms with van der Waals surface area (Å²) in [6, 6.07) is 0.778. The number of hydrogen-bond acceptors (Lipinski definition) is 1. The molecule has 15 heavy (non-hydrogen) atoms. The van der Waals surface area contributed by atoms with Gasteiger partial charge in [-0.05, 0) is 63.3 Å². The minimum absolute atomic E-state index is 0.778. The van der Waals surface area contributed by atoms with Crippen LogP contribution in [0.25, 0.3) is 0 Å². The van der Waals surface area contributed by atoms with E-state index < -0.39 is 0 Å². The topological polar surface area (TPSA) is 12.0 Å². The summed E-state index contributed by atoms with van der Waals surface area (Å²) in [6.07, 6.45) is 11.9. The molecule has 0 radical (unpaired) electrons. The Kier molecular flexibility index (Phi) is 3.85. The molecule has 2 aliphatic carbocycles. The molecule has 2 fully saturated rings. The fraction of sp³-hybridized carbons (Fsp3) is 0.857. The monoisotopic (exact) mass is 207 g/mol. The minimum atomic E-state index is 0.778. The van der Waals surface area contributed by atoms with Gasteiger partial charge in [-0.15, -0.1) is 6.58 Å². The van der Waals surface area contributed by atoms with E-state index in [9.17, 15) is 0 Å². The van der Waals surface area contributed by atoms with Crippen LogP contribution in [0.15, 0.2) is 12.7 Å². The van der Waals surface area contributed by atoms with Gasteiger partial charge in [0.15, 0.2) is 0 Å². The van der Waals surface area contributed by atoms with Crippen LogP contribution in [0.3, 0.4) is 0 Å². The molecule has 0 aromatic rings. The van der Waals surface area contributed by atoms with Gasteiger partial charge in [0, 0.05) is 6.04 Å². The fourth-order valence-electron chi connectivity index (χ4n) is 3.84. The third-order valence-electron chi connectivity index (χ3n) is 4.60. The smallest absolute Gasteiger partial charge is 0.00951 e. The molecule has 2 bridgehead atoms. The maximum absolute atomic E-state index is 3.80. The van der Waals surface area contributed by atoms with Crippen molar-refractivity contribution in [3.63, 3.8) is 0 Å². The third kappa shape index (κ3) is 2.44. The summed E-state index contributed by atoms with van der Waals surface area (Å²) in [5, 5.41) is 3.55. The van der Waals surface area contributed by atoms with Crippen LogP contribution in [0, 0.1) is 17.8 Å². The molecular formula is C14H25N. The zero-order valence-electron chi connectivity index (χ0n) is 10.0. The first-order valence-corrected chi connectivity index (χ1v) is 6.63. The van der Waals surface area contributed by atoms with E-state index in [2.05, 4.69) is 18.9 Å². The number of unbranched alkanes of at least 4 members (excludes halogenated alkanes) is 1. The molecule has 2 aliphatic rings. The molecule has 0 amide bonds. The van der Waals surface area contributed by atoms with Crippen molar-refractivity contribution in [3.8, 4) is 0 Å². The van der Waals surface area contributed by atoms with E-state index in [0.29, 0.717) is 0 Å². The van der Waals surface area contributed by atoms with E-state index in [1.807, 2.05) is 6.08 Å². The van der Waals surface area contributed by atoms with Crippen LogP contribution in [-0.2, 0) is 0 Å². The van der Waals surface area contributed by atoms with Gasteiger partial charge in [-0.3, -0.25) is 0 Å². The van der Waals surface area contributed by atoms with E-state index in [0.717, 1.165) is 23.8 Å². The van der Waals surface area contributed by atoms with E-state index in [1.54, 1.807) is 0 Å². The van der Waals surface area contributed by atoms with Crippen LogP contribution in [0.2, 0.25) is 0 Å². The number of nitrogens with one attached hydrogen (secondary N) is 1. The zero-order chi connectivity index (χ0) is 10.7. The van der Waals surface area contributed by atoms with Crippen molar-refractivity contribution < 1.29 is 0 Å². The van der Waals surface area contributed by atoms with E-state index >= 15 is 0 Å². The molecule has 0 spiro atoms. The highest BCUT2D eigenvalue weighted by Gasteiger charge is 2.42. The van der Waals surface area contributed by atoms with Crippen molar-refractivity contribution in [2.75, 3.05) is 7.05 Å². The van der Waals surface area contributed by atoms with Crippen molar-refractivity contribution in [2.24, 2.45) is 17.8 Å². The van der Waals surface area contributed by atoms with Crippen LogP contribution < -0.4 is 5.32 Å². The number of fused-ring (bicyclic) bond motifs is 2. The van der Waals surface area contributed by atoms with Crippen molar-refractivity contribution in [1.82, 2.24) is 5.32 Å². The van der Waals surface area contributed by atoms with Gasteiger partial charge in [-0.25, -0.2) is 0 Å². The standard InChI is InChI=1S/C14H25N/c1-3-4-5-6-14(15-2)13-10-11-7-8-12(13)9-11/h3,11-15H,1,4-10H2,2H3. The quantitative estimate of drug-likeness (QED) is 0.520. The van der Waals surface area contributed by atoms with Crippen LogP contribution in [0.1, 0.15) is 44.9 Å². The summed E-state index contributed by atoms with van der Waals surface area (Å²) in [6.45, 7) is 3.80. The fourth-order valence-corrected chi connectivity index (χ4v) is 3.84. The molecule has 0 saturated heterocycles. The summed E-state index contributed by atoms with van der Waals surface area (Å²) < 4.78 is 0. The maximum atomic E-state index is 3.80. The second-order valence-electron chi connectivity index (χ2n) is 5.45. The van der Waals surface area contributed by atoms with Crippen LogP contribution >= 0.6 is 0 Å². The van der Waals surface area contributed by atoms with Crippen molar-refractivity contribution >= 4 is 0 Å². The summed E-state index contributed by atoms with van der Waals surface area (Å²) in [5.41, 5.74) is 0. The molecule has 1 heteroatoms. The average molecular weight is 207 g/mol. The Hall–Kier alpha value is -0.300. The van der Waals surface area contributed by atoms with Crippen LogP contribution in [0.4, 0.5) is 0 Å². The van der Waals surface area contributed by atoms with Gasteiger partial charge in [0.2, 0.25) is 0 Å². The Morgan fingerprint density at radius 3 is 2.80 bits per heavy atom. The van der Waals surface area contributed by atoms with E-state index in [-0.39, 0.29) is 0 Å². The SMILES string of the molecule is C=CCCCC(NC)C1CC2CCC1C2. The van der Waals surface area contributed by atoms with E-state index in [4.69, 9.17) is 0 Å². The largest absolute Gasteiger partial charge is 0.317 e. The van der Waals surface area contributed by atoms with Gasteiger partial charge >= 0.3 is 0 Å². The highest BCUT2D eigenvalue weighted by atomic mass is 14.9. The molecule has 2 saturated carbocycles. The zero-order valence-corrected chi connectivity index (χ0v) is 10.0. The molecule has 4 unspecified atom stereocenters. The van der Waals surface area contributed by atoms with Gasteiger partial charge in [0.05, 0.1) is 0 Å². The average Bonchev–Trinajstić information content (AvgIpc) is 2.86. The summed E-state index contributed by atoms with van der Waals surface area (Å²) >= 11 is 0. The summed E-state index contributed by atoms with van der Waals surface area (Å²) in [5.74, 6) is 3.12. The highest BCUT2D eigenvalue weighted by Crippen LogP contribution is 2.50. The van der Waals surface area contributed by atoms with E-state index in [1.165, 1.54) is 44.9 Å². The lowest BCUT2D eigenvalue weighted by Gasteiger charge is -2.30. The Bertz CT molecular complexity index is 211. The van der Waals surface area contributed by atoms with Gasteiger partial charge in [0.1, 0.15) is 0 Å². The number of allylic oxidation sites excluding steroid dienone is 1. The number of rotatable bonds is 6. The van der Waals surface area contributed by atoms with Crippen LogP contribution in [-0.4, -0.2) is 13.1 Å². The molecular weight excluding hydrogens is 182 g/mol. The van der Waals surface area contributed by atoms with Gasteiger partial charge in [-0.2, -0.15) is 0 Å². The lowest BCUT2D eigenvalue weighted by atomic mass is 9.81. The first-order valence-electron chi connectivity index (χ1n) is 6.63. The van der Waals surface area contributed by atoms with Gasteiger partial charge in [-0.1, -0.05) is 12.5 Å². The van der Waals surface area contributed by atoms with Crippen LogP contribution in [0.5, 0.6) is 0 Å². The highest BCUT2D eigenvalue weighted by molar-refractivity contribution is 4.95. The van der Waals surface area contributed by atoms with Gasteiger partial charge in [0.25, 0.3) is 0 Å². The molecule has 4 atom stereocenters. The Morgan fingerprint density at radius 2 is 2.27 bits per heavy atom. The Balaban J connectivity index is 1.81. The molecule has 0 aromatic heterocycles. The maximum Gasteiger partial charge on any atom is 0.00951 e. The molecule has 1 N–H and O–H groups in total. The second-order valence-corrected chi connectivity index (χ2v) is 5.45. The number of hydrogen-bond donors (Lipinski definition) is 1. The lowest BCUT2D eigenvalue weighted by Crippen LogP contribution is -2.36. The normalized spacial score (nSPS) is 35.7. The molecule has 0 heterocycles. The molecule has 2 rings (SSSR count). The van der Waals surface area contributed by atoms with Crippen molar-refractivity contribution in [2.45, 2.75) is 51.0 Å². The predicted octanol–water partition coefficient (Wildman–Crippen LogP) is 3.37. The molecule has 0 aromatic carbocycles. The molecule has 1 nitrogen and oxygen atoms in total. The molecule has 86 valence electrons. The van der Waals surface area contributed by atoms with Gasteiger partial charge < -0.3 is 5.32 Å². The Labute approximate surface area is 94.3 Å². The predicted molar refractivity (Wildman–Crippen MR) is 65.8 cm³/mol. The minimum Gasteiger partial charge on any atom is -0.317 e. The Morgan fingerprint density at radius 1 is 1.40 bits per heavy atom. The first kappa shape index (κ1) is 11.2. The lowest BCUT2D eigenvalue weighted by molar-refractivity contribution is 0.245. The summed E-state index contributed by atoms with van der Waals surface area (Å²) in [4.78, 5) is 0. The third-order valence-corrected chi connectivity index (χ3v) is 4.60. The first-order chi connectivity index (χ1) is 7.35. The summed E-state index contributed by atoms with van der Waals surface area (Å²) in [7, 11) is 2.14. The van der Waals surface area contributed by atoms with Crippen molar-refractivity contribution in [1.29, 1.82) is 0 Å². The second kappa shape index (κ2) is 5.16.